The SMILES string of the molecule is C=C\C=C1/N=C(C)/C(C=C)=C(/C)C(=O)N[C@H](C(O)C(N)=O)CCCCCO1.CC. The van der Waals surface area contributed by atoms with Crippen molar-refractivity contribution < 1.29 is 19.4 Å². The van der Waals surface area contributed by atoms with Crippen LogP contribution >= 0.6 is 0 Å². The minimum atomic E-state index is -1.45. The summed E-state index contributed by atoms with van der Waals surface area (Å²) in [6.45, 7) is 15.3. The van der Waals surface area contributed by atoms with Crippen molar-refractivity contribution in [3.05, 3.63) is 48.4 Å². The molecule has 7 nitrogen and oxygen atoms in total. The van der Waals surface area contributed by atoms with Gasteiger partial charge < -0.3 is 20.9 Å². The number of allylic oxidation sites excluding steroid dienone is 4. The van der Waals surface area contributed by atoms with Crippen LogP contribution in [0.2, 0.25) is 0 Å². The maximum absolute atomic E-state index is 12.6. The van der Waals surface area contributed by atoms with Gasteiger partial charge in [-0.25, -0.2) is 4.99 Å². The average Bonchev–Trinajstić information content (AvgIpc) is 2.70. The normalized spacial score (nSPS) is 25.7. The Hall–Kier alpha value is -2.67. The van der Waals surface area contributed by atoms with E-state index in [1.165, 1.54) is 6.08 Å². The molecule has 2 atom stereocenters. The summed E-state index contributed by atoms with van der Waals surface area (Å²) in [5.74, 6) is -0.876. The van der Waals surface area contributed by atoms with Crippen LogP contribution in [-0.4, -0.2) is 41.4 Å². The highest BCUT2D eigenvalue weighted by Gasteiger charge is 2.26. The second-order valence-electron chi connectivity index (χ2n) is 6.31. The molecule has 0 saturated heterocycles. The third kappa shape index (κ3) is 8.91. The molecule has 0 radical (unpaired) electrons. The van der Waals surface area contributed by atoms with Crippen molar-refractivity contribution in [1.29, 1.82) is 0 Å². The number of aliphatic hydroxyl groups excluding tert-OH is 1. The lowest BCUT2D eigenvalue weighted by molar-refractivity contribution is -0.128. The van der Waals surface area contributed by atoms with Gasteiger partial charge in [-0.3, -0.25) is 9.59 Å². The van der Waals surface area contributed by atoms with Crippen molar-refractivity contribution in [1.82, 2.24) is 5.32 Å². The number of carbonyl (C=O) groups excluding carboxylic acids is 2. The first-order valence-corrected chi connectivity index (χ1v) is 9.94. The Balaban J connectivity index is 0.00000379. The van der Waals surface area contributed by atoms with E-state index < -0.39 is 24.0 Å². The molecule has 29 heavy (non-hydrogen) atoms. The van der Waals surface area contributed by atoms with Gasteiger partial charge in [-0.1, -0.05) is 45.6 Å². The number of nitrogens with one attached hydrogen (secondary N) is 1. The molecular formula is C22H35N3O4. The van der Waals surface area contributed by atoms with Crippen molar-refractivity contribution in [3.8, 4) is 0 Å². The van der Waals surface area contributed by atoms with E-state index in [1.54, 1.807) is 26.0 Å². The van der Waals surface area contributed by atoms with Crippen LogP contribution in [0.5, 0.6) is 0 Å². The third-order valence-corrected chi connectivity index (χ3v) is 4.28. The van der Waals surface area contributed by atoms with Crippen molar-refractivity contribution in [2.24, 2.45) is 10.7 Å². The zero-order valence-corrected chi connectivity index (χ0v) is 18.0. The number of ether oxygens (including phenoxy) is 1. The third-order valence-electron chi connectivity index (χ3n) is 4.28. The summed E-state index contributed by atoms with van der Waals surface area (Å²) in [5, 5.41) is 12.7. The number of hydrogen-bond donors (Lipinski definition) is 3. The molecule has 2 amide bonds. The molecule has 0 aromatic rings. The molecule has 0 saturated carbocycles. The van der Waals surface area contributed by atoms with Crippen LogP contribution in [0.1, 0.15) is 53.4 Å². The Labute approximate surface area is 174 Å². The van der Waals surface area contributed by atoms with E-state index in [4.69, 9.17) is 10.5 Å². The minimum Gasteiger partial charge on any atom is -0.478 e. The molecule has 0 spiro atoms. The number of nitrogens with two attached hydrogens (primary N) is 1. The number of hydrogen-bond acceptors (Lipinski definition) is 5. The molecule has 4 N–H and O–H groups in total. The lowest BCUT2D eigenvalue weighted by Crippen LogP contribution is -2.49. The predicted molar refractivity (Wildman–Crippen MR) is 117 cm³/mol. The van der Waals surface area contributed by atoms with Gasteiger partial charge in [0.2, 0.25) is 17.7 Å². The fourth-order valence-electron chi connectivity index (χ4n) is 2.74. The molecule has 7 heteroatoms. The Morgan fingerprint density at radius 1 is 1.31 bits per heavy atom. The maximum atomic E-state index is 12.6. The van der Waals surface area contributed by atoms with E-state index >= 15 is 0 Å². The van der Waals surface area contributed by atoms with Crippen LogP contribution < -0.4 is 11.1 Å². The molecular weight excluding hydrogens is 370 g/mol. The largest absolute Gasteiger partial charge is 0.478 e. The molecule has 1 unspecified atom stereocenters. The summed E-state index contributed by atoms with van der Waals surface area (Å²) in [6, 6.07) is -0.756. The summed E-state index contributed by atoms with van der Waals surface area (Å²) in [7, 11) is 0. The molecule has 1 rings (SSSR count). The number of nitrogens with zero attached hydrogens (tertiary/aromatic N) is 1. The van der Waals surface area contributed by atoms with Gasteiger partial charge in [0, 0.05) is 16.9 Å². The molecule has 0 aromatic heterocycles. The van der Waals surface area contributed by atoms with Gasteiger partial charge in [0.15, 0.2) is 6.10 Å². The molecule has 162 valence electrons. The Morgan fingerprint density at radius 2 is 1.97 bits per heavy atom. The van der Waals surface area contributed by atoms with Crippen molar-refractivity contribution in [2.75, 3.05) is 6.61 Å². The molecule has 0 fully saturated rings. The number of rotatable bonds is 4. The first-order valence-electron chi connectivity index (χ1n) is 9.94. The molecule has 1 aliphatic heterocycles. The average molecular weight is 406 g/mol. The Bertz CT molecular complexity index is 678. The van der Waals surface area contributed by atoms with E-state index in [0.717, 1.165) is 12.8 Å². The van der Waals surface area contributed by atoms with Crippen molar-refractivity contribution in [2.45, 2.75) is 65.5 Å². The number of carbonyl (C=O) groups is 2. The zero-order chi connectivity index (χ0) is 22.4. The first kappa shape index (κ1) is 26.3. The second-order valence-corrected chi connectivity index (χ2v) is 6.31. The minimum absolute atomic E-state index is 0.364. The second kappa shape index (κ2) is 14.3. The van der Waals surface area contributed by atoms with Crippen molar-refractivity contribution in [3.63, 3.8) is 0 Å². The van der Waals surface area contributed by atoms with Crippen molar-refractivity contribution >= 4 is 17.5 Å². The highest BCUT2D eigenvalue weighted by molar-refractivity contribution is 6.09. The van der Waals surface area contributed by atoms with Gasteiger partial charge in [-0.2, -0.15) is 0 Å². The molecule has 1 heterocycles. The van der Waals surface area contributed by atoms with Crippen LogP contribution in [0.15, 0.2) is 53.4 Å². The van der Waals surface area contributed by atoms with E-state index in [2.05, 4.69) is 23.5 Å². The first-order chi connectivity index (χ1) is 13.8. The highest BCUT2D eigenvalue weighted by atomic mass is 16.5. The molecule has 1 aliphatic rings. The van der Waals surface area contributed by atoms with Gasteiger partial charge in [0.05, 0.1) is 12.6 Å². The number of aliphatic imine (C=N–C) groups is 1. The van der Waals surface area contributed by atoms with Gasteiger partial charge in [-0.05, 0) is 39.2 Å². The van der Waals surface area contributed by atoms with Crippen LogP contribution in [0.25, 0.3) is 0 Å². The fraction of sp³-hybridized carbons (Fsp3) is 0.500. The molecule has 0 aromatic carbocycles. The Kier molecular flexibility index (Phi) is 13.0. The van der Waals surface area contributed by atoms with E-state index in [1.807, 2.05) is 13.8 Å². The van der Waals surface area contributed by atoms with Gasteiger partial charge in [0.1, 0.15) is 0 Å². The van der Waals surface area contributed by atoms with Crippen LogP contribution in [0.3, 0.4) is 0 Å². The predicted octanol–water partition coefficient (Wildman–Crippen LogP) is 2.93. The van der Waals surface area contributed by atoms with E-state index in [0.29, 0.717) is 42.2 Å². The summed E-state index contributed by atoms with van der Waals surface area (Å²) in [4.78, 5) is 28.4. The summed E-state index contributed by atoms with van der Waals surface area (Å²) >= 11 is 0. The quantitative estimate of drug-likeness (QED) is 0.667. The highest BCUT2D eigenvalue weighted by Crippen LogP contribution is 2.15. The number of amides is 2. The van der Waals surface area contributed by atoms with Gasteiger partial charge >= 0.3 is 0 Å². The summed E-state index contributed by atoms with van der Waals surface area (Å²) < 4.78 is 5.69. The van der Waals surface area contributed by atoms with Crippen LogP contribution in [0.4, 0.5) is 0 Å². The fourth-order valence-corrected chi connectivity index (χ4v) is 2.74. The smallest absolute Gasteiger partial charge is 0.248 e. The lowest BCUT2D eigenvalue weighted by Gasteiger charge is -2.23. The van der Waals surface area contributed by atoms with Gasteiger partial charge in [-0.15, -0.1) is 0 Å². The zero-order valence-electron chi connectivity index (χ0n) is 18.0. The summed E-state index contributed by atoms with van der Waals surface area (Å²) in [5.41, 5.74) is 6.66. The van der Waals surface area contributed by atoms with Crippen LogP contribution in [-0.2, 0) is 14.3 Å². The van der Waals surface area contributed by atoms with E-state index in [-0.39, 0.29) is 0 Å². The van der Waals surface area contributed by atoms with Crippen LogP contribution in [0, 0.1) is 0 Å². The number of aliphatic hydroxyl groups is 1. The number of primary amides is 1. The molecule has 0 bridgehead atoms. The maximum Gasteiger partial charge on any atom is 0.248 e. The standard InChI is InChI=1S/C20H29N3O4.C2H6/c1-5-10-17-22-14(4)15(6-2)13(3)20(26)23-16(18(24)19(21)25)11-8-7-9-12-27-17;1-2/h5-6,10,16,18,24H,1-2,7-9,11-12H2,3-4H3,(H2,21,25)(H,23,26);1-2H3/b15-13-,17-10+,22-14+;/t16-,18?;/m0./s1. The summed E-state index contributed by atoms with van der Waals surface area (Å²) in [6.07, 6.45) is 6.01. The Morgan fingerprint density at radius 3 is 2.52 bits per heavy atom. The molecule has 0 aliphatic carbocycles. The van der Waals surface area contributed by atoms with Gasteiger partial charge in [0.25, 0.3) is 0 Å². The topological polar surface area (TPSA) is 114 Å². The monoisotopic (exact) mass is 405 g/mol. The lowest BCUT2D eigenvalue weighted by atomic mass is 10.00. The van der Waals surface area contributed by atoms with E-state index in [9.17, 15) is 14.7 Å².